The number of amides is 1. The number of hydrogen-bond acceptors (Lipinski definition) is 5. The average Bonchev–Trinajstić information content (AvgIpc) is 2.61. The van der Waals surface area contributed by atoms with Gasteiger partial charge in [0.05, 0.1) is 4.90 Å². The van der Waals surface area contributed by atoms with Crippen LogP contribution in [0.25, 0.3) is 0 Å². The highest BCUT2D eigenvalue weighted by Crippen LogP contribution is 2.32. The van der Waals surface area contributed by atoms with Crippen LogP contribution in [-0.4, -0.2) is 34.6 Å². The van der Waals surface area contributed by atoms with Crippen LogP contribution in [0.15, 0.2) is 47.4 Å². The second-order valence-electron chi connectivity index (χ2n) is 5.05. The van der Waals surface area contributed by atoms with Crippen molar-refractivity contribution in [3.63, 3.8) is 0 Å². The van der Waals surface area contributed by atoms with Crippen LogP contribution in [0.1, 0.15) is 10.4 Å². The van der Waals surface area contributed by atoms with Crippen LogP contribution in [0.4, 0.5) is 5.69 Å². The molecule has 0 aromatic heterocycles. The summed E-state index contributed by atoms with van der Waals surface area (Å²) >= 11 is 0. The zero-order valence-electron chi connectivity index (χ0n) is 12.9. The number of carbonyl (C=O) groups is 1. The number of ether oxygens (including phenoxy) is 2. The van der Waals surface area contributed by atoms with Crippen molar-refractivity contribution in [1.82, 2.24) is 4.72 Å². The van der Waals surface area contributed by atoms with E-state index in [0.29, 0.717) is 30.4 Å². The van der Waals surface area contributed by atoms with Crippen molar-refractivity contribution in [3.05, 3.63) is 48.0 Å². The van der Waals surface area contributed by atoms with E-state index in [1.54, 1.807) is 24.3 Å². The molecule has 0 unspecified atom stereocenters. The number of benzene rings is 2. The van der Waals surface area contributed by atoms with Gasteiger partial charge in [0.1, 0.15) is 13.2 Å². The van der Waals surface area contributed by atoms with E-state index in [4.69, 9.17) is 9.47 Å². The second kappa shape index (κ2) is 6.50. The molecule has 2 N–H and O–H groups in total. The van der Waals surface area contributed by atoms with Crippen molar-refractivity contribution in [2.24, 2.45) is 0 Å². The highest BCUT2D eigenvalue weighted by molar-refractivity contribution is 7.89. The Kier molecular flexibility index (Phi) is 4.41. The van der Waals surface area contributed by atoms with Gasteiger partial charge in [-0.3, -0.25) is 4.79 Å². The molecule has 0 aliphatic carbocycles. The molecule has 7 nitrogen and oxygen atoms in total. The first-order valence-corrected chi connectivity index (χ1v) is 8.72. The zero-order chi connectivity index (χ0) is 17.2. The molecule has 8 heteroatoms. The number of anilines is 1. The molecule has 1 aliphatic heterocycles. The summed E-state index contributed by atoms with van der Waals surface area (Å²) < 4.78 is 36.7. The molecule has 1 heterocycles. The fourth-order valence-electron chi connectivity index (χ4n) is 2.25. The molecule has 1 amide bonds. The van der Waals surface area contributed by atoms with Crippen molar-refractivity contribution < 1.29 is 22.7 Å². The van der Waals surface area contributed by atoms with Gasteiger partial charge in [-0.05, 0) is 37.4 Å². The van der Waals surface area contributed by atoms with E-state index >= 15 is 0 Å². The summed E-state index contributed by atoms with van der Waals surface area (Å²) in [6.45, 7) is 0.944. The smallest absolute Gasteiger partial charge is 0.255 e. The summed E-state index contributed by atoms with van der Waals surface area (Å²) in [6.07, 6.45) is 0. The van der Waals surface area contributed by atoms with Crippen molar-refractivity contribution in [1.29, 1.82) is 0 Å². The van der Waals surface area contributed by atoms with Gasteiger partial charge in [-0.25, -0.2) is 13.1 Å². The predicted octanol–water partition coefficient (Wildman–Crippen LogP) is 1.62. The summed E-state index contributed by atoms with van der Waals surface area (Å²) in [7, 11) is -2.29. The zero-order valence-corrected chi connectivity index (χ0v) is 13.7. The quantitative estimate of drug-likeness (QED) is 0.876. The van der Waals surface area contributed by atoms with Gasteiger partial charge in [0.15, 0.2) is 11.5 Å². The van der Waals surface area contributed by atoms with Crippen LogP contribution < -0.4 is 19.5 Å². The standard InChI is InChI=1S/C16H16N2O5S/c1-17-24(20,21)13-4-2-3-11(9-13)16(19)18-12-5-6-14-15(10-12)23-8-7-22-14/h2-6,9-10,17H,7-8H2,1H3,(H,18,19). The van der Waals surface area contributed by atoms with Crippen molar-refractivity contribution in [2.75, 3.05) is 25.6 Å². The number of sulfonamides is 1. The third-order valence-electron chi connectivity index (χ3n) is 3.48. The fourth-order valence-corrected chi connectivity index (χ4v) is 3.02. The lowest BCUT2D eigenvalue weighted by Gasteiger charge is -2.19. The average molecular weight is 348 g/mol. The number of rotatable bonds is 4. The lowest BCUT2D eigenvalue weighted by Crippen LogP contribution is -2.20. The normalized spacial score (nSPS) is 13.4. The lowest BCUT2D eigenvalue weighted by molar-refractivity contribution is 0.102. The molecular weight excluding hydrogens is 332 g/mol. The number of hydrogen-bond donors (Lipinski definition) is 2. The molecule has 126 valence electrons. The second-order valence-corrected chi connectivity index (χ2v) is 6.93. The van der Waals surface area contributed by atoms with Crippen molar-refractivity contribution >= 4 is 21.6 Å². The maximum atomic E-state index is 12.4. The predicted molar refractivity (Wildman–Crippen MR) is 88.1 cm³/mol. The van der Waals surface area contributed by atoms with Gasteiger partial charge in [-0.2, -0.15) is 0 Å². The molecule has 2 aromatic rings. The molecule has 2 aromatic carbocycles. The molecule has 0 saturated carbocycles. The topological polar surface area (TPSA) is 93.7 Å². The monoisotopic (exact) mass is 348 g/mol. The minimum Gasteiger partial charge on any atom is -0.486 e. The van der Waals surface area contributed by atoms with E-state index in [2.05, 4.69) is 10.0 Å². The van der Waals surface area contributed by atoms with Crippen LogP contribution in [0.5, 0.6) is 11.5 Å². The molecule has 0 bridgehead atoms. The molecule has 0 radical (unpaired) electrons. The molecule has 3 rings (SSSR count). The SMILES string of the molecule is CNS(=O)(=O)c1cccc(C(=O)Nc2ccc3c(c2)OCCO3)c1. The maximum Gasteiger partial charge on any atom is 0.255 e. The molecular formula is C16H16N2O5S. The maximum absolute atomic E-state index is 12.4. The molecule has 1 aliphatic rings. The first-order valence-electron chi connectivity index (χ1n) is 7.24. The first-order chi connectivity index (χ1) is 11.5. The Morgan fingerprint density at radius 2 is 1.79 bits per heavy atom. The van der Waals surface area contributed by atoms with Gasteiger partial charge in [0.25, 0.3) is 5.91 Å². The fraction of sp³-hybridized carbons (Fsp3) is 0.188. The summed E-state index contributed by atoms with van der Waals surface area (Å²) in [4.78, 5) is 12.4. The third kappa shape index (κ3) is 3.34. The molecule has 0 atom stereocenters. The first kappa shape index (κ1) is 16.3. The van der Waals surface area contributed by atoms with Crippen LogP contribution in [-0.2, 0) is 10.0 Å². The third-order valence-corrected chi connectivity index (χ3v) is 4.89. The van der Waals surface area contributed by atoms with Gasteiger partial charge < -0.3 is 14.8 Å². The summed E-state index contributed by atoms with van der Waals surface area (Å²) in [5, 5.41) is 2.72. The van der Waals surface area contributed by atoms with E-state index < -0.39 is 15.9 Å². The number of fused-ring (bicyclic) bond motifs is 1. The summed E-state index contributed by atoms with van der Waals surface area (Å²) in [5.41, 5.74) is 0.771. The van der Waals surface area contributed by atoms with Crippen LogP contribution in [0.2, 0.25) is 0 Å². The number of nitrogens with one attached hydrogen (secondary N) is 2. The Hall–Kier alpha value is -2.58. The van der Waals surface area contributed by atoms with E-state index in [1.165, 1.54) is 25.2 Å². The van der Waals surface area contributed by atoms with Gasteiger partial charge in [-0.15, -0.1) is 0 Å². The highest BCUT2D eigenvalue weighted by Gasteiger charge is 2.16. The molecule has 24 heavy (non-hydrogen) atoms. The van der Waals surface area contributed by atoms with Gasteiger partial charge >= 0.3 is 0 Å². The molecule has 0 spiro atoms. The van der Waals surface area contributed by atoms with Crippen molar-refractivity contribution in [3.8, 4) is 11.5 Å². The van der Waals surface area contributed by atoms with Gasteiger partial charge in [0.2, 0.25) is 10.0 Å². The molecule has 0 saturated heterocycles. The Balaban J connectivity index is 1.82. The Labute approximate surface area is 139 Å². The van der Waals surface area contributed by atoms with Crippen molar-refractivity contribution in [2.45, 2.75) is 4.90 Å². The highest BCUT2D eigenvalue weighted by atomic mass is 32.2. The van der Waals surface area contributed by atoms with E-state index in [0.717, 1.165) is 0 Å². The van der Waals surface area contributed by atoms with E-state index in [9.17, 15) is 13.2 Å². The minimum absolute atomic E-state index is 0.0276. The number of carbonyl (C=O) groups excluding carboxylic acids is 1. The van der Waals surface area contributed by atoms with E-state index in [-0.39, 0.29) is 10.5 Å². The van der Waals surface area contributed by atoms with Crippen LogP contribution in [0.3, 0.4) is 0 Å². The van der Waals surface area contributed by atoms with Crippen LogP contribution >= 0.6 is 0 Å². The van der Waals surface area contributed by atoms with Gasteiger partial charge in [0, 0.05) is 17.3 Å². The Morgan fingerprint density at radius 3 is 2.54 bits per heavy atom. The van der Waals surface area contributed by atoms with E-state index in [1.807, 2.05) is 0 Å². The largest absolute Gasteiger partial charge is 0.486 e. The molecule has 0 fully saturated rings. The lowest BCUT2D eigenvalue weighted by atomic mass is 10.2. The summed E-state index contributed by atoms with van der Waals surface area (Å²) in [6, 6.07) is 10.9. The summed E-state index contributed by atoms with van der Waals surface area (Å²) in [5.74, 6) is 0.770. The Bertz CT molecular complexity index is 880. The Morgan fingerprint density at radius 1 is 1.04 bits per heavy atom. The van der Waals surface area contributed by atoms with Gasteiger partial charge in [-0.1, -0.05) is 6.07 Å². The minimum atomic E-state index is -3.61. The van der Waals surface area contributed by atoms with Crippen LogP contribution in [0, 0.1) is 0 Å².